The summed E-state index contributed by atoms with van der Waals surface area (Å²) in [5.74, 6) is 0.428. The lowest BCUT2D eigenvalue weighted by Crippen LogP contribution is -2.16. The summed E-state index contributed by atoms with van der Waals surface area (Å²) in [6.07, 6.45) is 0.886. The number of hydrogen-bond donors (Lipinski definition) is 0. The van der Waals surface area contributed by atoms with Crippen LogP contribution in [-0.2, 0) is 6.42 Å². The van der Waals surface area contributed by atoms with Crippen LogP contribution in [0.3, 0.4) is 0 Å². The lowest BCUT2D eigenvalue weighted by molar-refractivity contribution is 0.418. The van der Waals surface area contributed by atoms with Gasteiger partial charge >= 0.3 is 0 Å². The van der Waals surface area contributed by atoms with Gasteiger partial charge in [0.25, 0.3) is 0 Å². The van der Waals surface area contributed by atoms with Gasteiger partial charge in [0.2, 0.25) is 0 Å². The third-order valence-electron chi connectivity index (χ3n) is 1.96. The second-order valence-corrected chi connectivity index (χ2v) is 4.37. The first-order chi connectivity index (χ1) is 6.03. The molecule has 0 N–H and O–H groups in total. The Labute approximate surface area is 83.7 Å². The Morgan fingerprint density at radius 2 is 1.77 bits per heavy atom. The highest BCUT2D eigenvalue weighted by atomic mass is 35.5. The Morgan fingerprint density at radius 1 is 1.23 bits per heavy atom. The Morgan fingerprint density at radius 3 is 2.23 bits per heavy atom. The normalized spacial score (nSPS) is 11.7. The van der Waals surface area contributed by atoms with Gasteiger partial charge in [0.15, 0.2) is 0 Å². The van der Waals surface area contributed by atoms with E-state index in [1.807, 2.05) is 12.1 Å². The molecule has 0 aliphatic rings. The van der Waals surface area contributed by atoms with Gasteiger partial charge in [-0.3, -0.25) is 0 Å². The molecule has 0 radical (unpaired) electrons. The van der Waals surface area contributed by atoms with Crippen molar-refractivity contribution in [1.82, 2.24) is 0 Å². The number of benzene rings is 1. The molecular weight excluding hydrogens is 187 g/mol. The monoisotopic (exact) mass is 200 g/mol. The molecule has 0 heterocycles. The zero-order valence-electron chi connectivity index (χ0n) is 7.98. The van der Waals surface area contributed by atoms with E-state index in [4.69, 9.17) is 11.6 Å². The lowest BCUT2D eigenvalue weighted by Gasteiger charge is -2.21. The highest BCUT2D eigenvalue weighted by Crippen LogP contribution is 2.23. The molecule has 0 saturated heterocycles. The van der Waals surface area contributed by atoms with E-state index in [1.165, 1.54) is 12.1 Å². The minimum Gasteiger partial charge on any atom is -0.207 e. The summed E-state index contributed by atoms with van der Waals surface area (Å²) in [5.41, 5.74) is 1.21. The first-order valence-electron chi connectivity index (χ1n) is 4.34. The van der Waals surface area contributed by atoms with Gasteiger partial charge < -0.3 is 0 Å². The summed E-state index contributed by atoms with van der Waals surface area (Å²) in [6.45, 7) is 4.20. The zero-order chi connectivity index (χ0) is 9.90. The van der Waals surface area contributed by atoms with Crippen LogP contribution in [0.15, 0.2) is 24.3 Å². The zero-order valence-corrected chi connectivity index (χ0v) is 8.74. The molecule has 0 bridgehead atoms. The summed E-state index contributed by atoms with van der Waals surface area (Å²) in [4.78, 5) is 0. The molecule has 0 aliphatic carbocycles. The molecule has 72 valence electrons. The minimum atomic E-state index is -0.188. The van der Waals surface area contributed by atoms with E-state index in [2.05, 4.69) is 13.8 Å². The summed E-state index contributed by atoms with van der Waals surface area (Å²) in [6, 6.07) is 6.59. The fraction of sp³-hybridized carbons (Fsp3) is 0.455. The molecule has 0 nitrogen and oxygen atoms in total. The fourth-order valence-electron chi connectivity index (χ4n) is 1.20. The van der Waals surface area contributed by atoms with Crippen LogP contribution in [0, 0.1) is 11.2 Å². The van der Waals surface area contributed by atoms with Gasteiger partial charge in [0.05, 0.1) is 0 Å². The maximum absolute atomic E-state index is 12.6. The highest BCUT2D eigenvalue weighted by molar-refractivity contribution is 6.18. The molecule has 2 heteroatoms. The maximum atomic E-state index is 12.6. The lowest BCUT2D eigenvalue weighted by atomic mass is 9.88. The minimum absolute atomic E-state index is 0.0827. The van der Waals surface area contributed by atoms with Crippen LogP contribution < -0.4 is 0 Å². The third-order valence-corrected chi connectivity index (χ3v) is 2.68. The van der Waals surface area contributed by atoms with E-state index in [0.717, 1.165) is 12.0 Å². The van der Waals surface area contributed by atoms with E-state index in [0.29, 0.717) is 5.88 Å². The van der Waals surface area contributed by atoms with Gasteiger partial charge in [-0.2, -0.15) is 0 Å². The van der Waals surface area contributed by atoms with Gasteiger partial charge in [0.1, 0.15) is 5.82 Å². The molecule has 1 aromatic carbocycles. The van der Waals surface area contributed by atoms with Crippen LogP contribution in [-0.4, -0.2) is 5.88 Å². The molecule has 0 saturated carbocycles. The van der Waals surface area contributed by atoms with Gasteiger partial charge in [-0.25, -0.2) is 4.39 Å². The Hall–Kier alpha value is -0.560. The second kappa shape index (κ2) is 4.10. The first-order valence-corrected chi connectivity index (χ1v) is 4.87. The van der Waals surface area contributed by atoms with Crippen molar-refractivity contribution >= 4 is 11.6 Å². The van der Waals surface area contributed by atoms with Gasteiger partial charge in [-0.05, 0) is 29.5 Å². The summed E-state index contributed by atoms with van der Waals surface area (Å²) in [7, 11) is 0. The predicted octanol–water partition coefficient (Wildman–Crippen LogP) is 3.63. The first kappa shape index (κ1) is 10.5. The van der Waals surface area contributed by atoms with Crippen molar-refractivity contribution in [3.05, 3.63) is 35.6 Å². The number of rotatable bonds is 3. The smallest absolute Gasteiger partial charge is 0.123 e. The van der Waals surface area contributed by atoms with E-state index < -0.39 is 0 Å². The van der Waals surface area contributed by atoms with E-state index in [1.54, 1.807) is 0 Å². The second-order valence-electron chi connectivity index (χ2n) is 4.10. The van der Waals surface area contributed by atoms with Gasteiger partial charge in [0, 0.05) is 5.88 Å². The average molecular weight is 201 g/mol. The molecule has 0 aliphatic heterocycles. The van der Waals surface area contributed by atoms with Crippen LogP contribution >= 0.6 is 11.6 Å². The summed E-state index contributed by atoms with van der Waals surface area (Å²) in [5, 5.41) is 0. The molecule has 0 aromatic heterocycles. The predicted molar refractivity (Wildman–Crippen MR) is 54.6 cm³/mol. The standard InChI is InChI=1S/C11H14ClF/c1-11(2,8-12)7-9-3-5-10(13)6-4-9/h3-6H,7-8H2,1-2H3. The van der Waals surface area contributed by atoms with Crippen LogP contribution in [0.1, 0.15) is 19.4 Å². The fourth-order valence-corrected chi connectivity index (χ4v) is 1.30. The number of alkyl halides is 1. The van der Waals surface area contributed by atoms with Crippen LogP contribution in [0.25, 0.3) is 0 Å². The molecule has 0 atom stereocenters. The van der Waals surface area contributed by atoms with E-state index in [-0.39, 0.29) is 11.2 Å². The topological polar surface area (TPSA) is 0 Å². The van der Waals surface area contributed by atoms with Crippen molar-refractivity contribution in [2.24, 2.45) is 5.41 Å². The molecule has 0 fully saturated rings. The molecule has 13 heavy (non-hydrogen) atoms. The molecule has 1 rings (SSSR count). The molecule has 0 unspecified atom stereocenters. The van der Waals surface area contributed by atoms with Crippen molar-refractivity contribution in [3.63, 3.8) is 0 Å². The Kier molecular flexibility index (Phi) is 3.32. The van der Waals surface area contributed by atoms with Crippen molar-refractivity contribution in [2.45, 2.75) is 20.3 Å². The molecule has 0 spiro atoms. The quantitative estimate of drug-likeness (QED) is 0.654. The number of hydrogen-bond acceptors (Lipinski definition) is 0. The molecule has 0 amide bonds. The summed E-state index contributed by atoms with van der Waals surface area (Å²) >= 11 is 5.80. The SMILES string of the molecule is CC(C)(CCl)Cc1ccc(F)cc1. The summed E-state index contributed by atoms with van der Waals surface area (Å²) < 4.78 is 12.6. The van der Waals surface area contributed by atoms with Crippen molar-refractivity contribution in [1.29, 1.82) is 0 Å². The largest absolute Gasteiger partial charge is 0.207 e. The highest BCUT2D eigenvalue weighted by Gasteiger charge is 2.16. The molecular formula is C11H14ClF. The van der Waals surface area contributed by atoms with Crippen LogP contribution in [0.4, 0.5) is 4.39 Å². The van der Waals surface area contributed by atoms with Crippen LogP contribution in [0.5, 0.6) is 0 Å². The van der Waals surface area contributed by atoms with E-state index >= 15 is 0 Å². The van der Waals surface area contributed by atoms with E-state index in [9.17, 15) is 4.39 Å². The maximum Gasteiger partial charge on any atom is 0.123 e. The van der Waals surface area contributed by atoms with Crippen LogP contribution in [0.2, 0.25) is 0 Å². The van der Waals surface area contributed by atoms with Crippen molar-refractivity contribution in [2.75, 3.05) is 5.88 Å². The number of halogens is 2. The Balaban J connectivity index is 2.69. The van der Waals surface area contributed by atoms with Gasteiger partial charge in [-0.15, -0.1) is 11.6 Å². The van der Waals surface area contributed by atoms with Gasteiger partial charge in [-0.1, -0.05) is 26.0 Å². The molecule has 1 aromatic rings. The Bertz CT molecular complexity index is 264. The van der Waals surface area contributed by atoms with Crippen molar-refractivity contribution in [3.8, 4) is 0 Å². The average Bonchev–Trinajstić information content (AvgIpc) is 2.09. The van der Waals surface area contributed by atoms with Crippen molar-refractivity contribution < 1.29 is 4.39 Å². The third kappa shape index (κ3) is 3.35.